The molecule has 1 amide bonds. The predicted molar refractivity (Wildman–Crippen MR) is 95.7 cm³/mol. The normalized spacial score (nSPS) is 10.8. The summed E-state index contributed by atoms with van der Waals surface area (Å²) in [5, 5.41) is 14.9. The molecule has 0 atom stereocenters. The van der Waals surface area contributed by atoms with E-state index in [0.717, 1.165) is 21.2 Å². The zero-order valence-corrected chi connectivity index (χ0v) is 15.1. The molecule has 3 aromatic rings. The summed E-state index contributed by atoms with van der Waals surface area (Å²) in [6.45, 7) is 6.11. The standard InChI is InChI=1S/C16H16N4O2S2/c1-4-23-16-19-18-15(24-16)17-14(21)12-8-13(22-20-12)11-6-5-9(2)10(3)7-11/h5-8H,4H2,1-3H3,(H,17,18,21). The first-order valence-corrected chi connectivity index (χ1v) is 9.19. The summed E-state index contributed by atoms with van der Waals surface area (Å²) in [6.07, 6.45) is 0. The Labute approximate surface area is 147 Å². The van der Waals surface area contributed by atoms with E-state index in [1.54, 1.807) is 17.8 Å². The Kier molecular flexibility index (Phi) is 4.96. The van der Waals surface area contributed by atoms with Gasteiger partial charge in [-0.05, 0) is 36.8 Å². The molecule has 2 aromatic heterocycles. The maximum atomic E-state index is 12.2. The zero-order chi connectivity index (χ0) is 17.1. The van der Waals surface area contributed by atoms with E-state index in [1.807, 2.05) is 39.0 Å². The largest absolute Gasteiger partial charge is 0.355 e. The van der Waals surface area contributed by atoms with Gasteiger partial charge in [0.15, 0.2) is 15.8 Å². The van der Waals surface area contributed by atoms with Crippen molar-refractivity contribution in [2.45, 2.75) is 25.1 Å². The number of aromatic nitrogens is 3. The van der Waals surface area contributed by atoms with E-state index in [2.05, 4.69) is 20.7 Å². The lowest BCUT2D eigenvalue weighted by Gasteiger charge is -2.01. The molecule has 0 radical (unpaired) electrons. The number of nitrogens with zero attached hydrogens (tertiary/aromatic N) is 3. The first-order valence-electron chi connectivity index (χ1n) is 7.39. The van der Waals surface area contributed by atoms with Crippen molar-refractivity contribution in [3.8, 4) is 11.3 Å². The Bertz CT molecular complexity index is 873. The minimum absolute atomic E-state index is 0.211. The first kappa shape index (κ1) is 16.7. The minimum atomic E-state index is -0.363. The zero-order valence-electron chi connectivity index (χ0n) is 13.5. The summed E-state index contributed by atoms with van der Waals surface area (Å²) >= 11 is 2.92. The number of hydrogen-bond donors (Lipinski definition) is 1. The monoisotopic (exact) mass is 360 g/mol. The topological polar surface area (TPSA) is 80.9 Å². The van der Waals surface area contributed by atoms with Gasteiger partial charge in [-0.15, -0.1) is 10.2 Å². The number of thioether (sulfide) groups is 1. The third kappa shape index (κ3) is 3.65. The van der Waals surface area contributed by atoms with Crippen molar-refractivity contribution in [2.24, 2.45) is 0 Å². The van der Waals surface area contributed by atoms with Gasteiger partial charge in [-0.1, -0.05) is 47.3 Å². The van der Waals surface area contributed by atoms with Crippen LogP contribution < -0.4 is 5.32 Å². The van der Waals surface area contributed by atoms with Crippen LogP contribution in [0.1, 0.15) is 28.5 Å². The molecule has 0 bridgehead atoms. The van der Waals surface area contributed by atoms with Crippen molar-refractivity contribution in [2.75, 3.05) is 11.1 Å². The van der Waals surface area contributed by atoms with Crippen LogP contribution in [0.25, 0.3) is 11.3 Å². The lowest BCUT2D eigenvalue weighted by atomic mass is 10.0. The molecular formula is C16H16N4O2S2. The van der Waals surface area contributed by atoms with Gasteiger partial charge in [0.05, 0.1) is 0 Å². The number of aryl methyl sites for hydroxylation is 2. The second-order valence-corrected chi connectivity index (χ2v) is 7.62. The number of benzene rings is 1. The molecule has 2 heterocycles. The molecule has 6 nitrogen and oxygen atoms in total. The lowest BCUT2D eigenvalue weighted by molar-refractivity contribution is 0.101. The van der Waals surface area contributed by atoms with E-state index < -0.39 is 0 Å². The van der Waals surface area contributed by atoms with E-state index in [1.165, 1.54) is 16.9 Å². The summed E-state index contributed by atoms with van der Waals surface area (Å²) in [4.78, 5) is 12.2. The van der Waals surface area contributed by atoms with Gasteiger partial charge in [0.1, 0.15) is 0 Å². The Balaban J connectivity index is 1.74. The highest BCUT2D eigenvalue weighted by molar-refractivity contribution is 8.01. The van der Waals surface area contributed by atoms with Crippen LogP contribution in [0.2, 0.25) is 0 Å². The number of carbonyl (C=O) groups is 1. The van der Waals surface area contributed by atoms with Crippen LogP contribution >= 0.6 is 23.1 Å². The molecular weight excluding hydrogens is 344 g/mol. The van der Waals surface area contributed by atoms with Gasteiger partial charge in [-0.2, -0.15) is 0 Å². The van der Waals surface area contributed by atoms with Crippen molar-refractivity contribution in [1.29, 1.82) is 0 Å². The van der Waals surface area contributed by atoms with Gasteiger partial charge >= 0.3 is 0 Å². The highest BCUT2D eigenvalue weighted by atomic mass is 32.2. The molecule has 1 aromatic carbocycles. The summed E-state index contributed by atoms with van der Waals surface area (Å²) in [5.41, 5.74) is 3.46. The van der Waals surface area contributed by atoms with Crippen LogP contribution in [-0.2, 0) is 0 Å². The Morgan fingerprint density at radius 3 is 2.83 bits per heavy atom. The van der Waals surface area contributed by atoms with Gasteiger partial charge < -0.3 is 4.52 Å². The Morgan fingerprint density at radius 2 is 2.08 bits per heavy atom. The molecule has 0 saturated heterocycles. The molecule has 0 aliphatic rings. The average Bonchev–Trinajstić information content (AvgIpc) is 3.20. The SMILES string of the molecule is CCSc1nnc(NC(=O)c2cc(-c3ccc(C)c(C)c3)on2)s1. The first-order chi connectivity index (χ1) is 11.6. The van der Waals surface area contributed by atoms with E-state index in [-0.39, 0.29) is 11.6 Å². The van der Waals surface area contributed by atoms with E-state index in [4.69, 9.17) is 4.52 Å². The molecule has 0 aliphatic heterocycles. The number of carbonyl (C=O) groups excluding carboxylic acids is 1. The number of hydrogen-bond acceptors (Lipinski definition) is 7. The molecule has 1 N–H and O–H groups in total. The predicted octanol–water partition coefficient (Wildman–Crippen LogP) is 4.17. The molecule has 0 fully saturated rings. The fourth-order valence-electron chi connectivity index (χ4n) is 2.02. The van der Waals surface area contributed by atoms with E-state index in [9.17, 15) is 4.79 Å². The van der Waals surface area contributed by atoms with Crippen LogP contribution in [0, 0.1) is 13.8 Å². The maximum Gasteiger partial charge on any atom is 0.279 e. The lowest BCUT2D eigenvalue weighted by Crippen LogP contribution is -2.11. The van der Waals surface area contributed by atoms with Gasteiger partial charge in [-0.3, -0.25) is 10.1 Å². The quantitative estimate of drug-likeness (QED) is 0.543. The molecule has 24 heavy (non-hydrogen) atoms. The molecule has 0 aliphatic carbocycles. The summed E-state index contributed by atoms with van der Waals surface area (Å²) in [5.74, 6) is 1.10. The van der Waals surface area contributed by atoms with Crippen molar-refractivity contribution in [3.05, 3.63) is 41.1 Å². The fourth-order valence-corrected chi connectivity index (χ4v) is 3.66. The van der Waals surface area contributed by atoms with Crippen LogP contribution in [0.4, 0.5) is 5.13 Å². The number of nitrogens with one attached hydrogen (secondary N) is 1. The maximum absolute atomic E-state index is 12.2. The van der Waals surface area contributed by atoms with Crippen molar-refractivity contribution in [1.82, 2.24) is 15.4 Å². The van der Waals surface area contributed by atoms with Crippen LogP contribution in [0.3, 0.4) is 0 Å². The third-order valence-electron chi connectivity index (χ3n) is 3.43. The molecule has 0 spiro atoms. The fraction of sp³-hybridized carbons (Fsp3) is 0.250. The minimum Gasteiger partial charge on any atom is -0.355 e. The number of anilines is 1. The molecule has 8 heteroatoms. The Hall–Kier alpha value is -2.19. The second kappa shape index (κ2) is 7.14. The van der Waals surface area contributed by atoms with Crippen molar-refractivity contribution < 1.29 is 9.32 Å². The van der Waals surface area contributed by atoms with Gasteiger partial charge in [-0.25, -0.2) is 0 Å². The Morgan fingerprint density at radius 1 is 1.25 bits per heavy atom. The summed E-state index contributed by atoms with van der Waals surface area (Å²) in [6, 6.07) is 7.60. The van der Waals surface area contributed by atoms with E-state index >= 15 is 0 Å². The molecule has 0 unspecified atom stereocenters. The number of amides is 1. The van der Waals surface area contributed by atoms with E-state index in [0.29, 0.717) is 10.9 Å². The van der Waals surface area contributed by atoms with Crippen molar-refractivity contribution >= 4 is 34.1 Å². The van der Waals surface area contributed by atoms with Crippen molar-refractivity contribution in [3.63, 3.8) is 0 Å². The van der Waals surface area contributed by atoms with Gasteiger partial charge in [0, 0.05) is 11.6 Å². The molecule has 0 saturated carbocycles. The average molecular weight is 360 g/mol. The third-order valence-corrected chi connectivity index (χ3v) is 5.28. The molecule has 3 rings (SSSR count). The summed E-state index contributed by atoms with van der Waals surface area (Å²) in [7, 11) is 0. The van der Waals surface area contributed by atoms with Gasteiger partial charge in [0.25, 0.3) is 5.91 Å². The highest BCUT2D eigenvalue weighted by Crippen LogP contribution is 2.26. The van der Waals surface area contributed by atoms with Gasteiger partial charge in [0.2, 0.25) is 5.13 Å². The summed E-state index contributed by atoms with van der Waals surface area (Å²) < 4.78 is 6.12. The van der Waals surface area contributed by atoms with Crippen LogP contribution in [0.15, 0.2) is 33.1 Å². The highest BCUT2D eigenvalue weighted by Gasteiger charge is 2.16. The van der Waals surface area contributed by atoms with Crippen LogP contribution in [-0.4, -0.2) is 27.0 Å². The smallest absolute Gasteiger partial charge is 0.279 e. The van der Waals surface area contributed by atoms with Crippen LogP contribution in [0.5, 0.6) is 0 Å². The number of rotatable bonds is 5. The second-order valence-electron chi connectivity index (χ2n) is 5.14. The molecule has 124 valence electrons.